The first-order valence-corrected chi connectivity index (χ1v) is 6.39. The van der Waals surface area contributed by atoms with Crippen molar-refractivity contribution in [2.24, 2.45) is 0 Å². The summed E-state index contributed by atoms with van der Waals surface area (Å²) in [5.74, 6) is 4.92. The van der Waals surface area contributed by atoms with Gasteiger partial charge < -0.3 is 10.4 Å². The lowest BCUT2D eigenvalue weighted by molar-refractivity contribution is 0.0946. The van der Waals surface area contributed by atoms with Crippen LogP contribution in [-0.2, 0) is 6.54 Å². The predicted octanol–water partition coefficient (Wildman–Crippen LogP) is 0.812. The molecule has 96 valence electrons. The summed E-state index contributed by atoms with van der Waals surface area (Å²) in [6, 6.07) is 3.39. The summed E-state index contributed by atoms with van der Waals surface area (Å²) >= 11 is 1.47. The van der Waals surface area contributed by atoms with E-state index in [1.54, 1.807) is 23.8 Å². The van der Waals surface area contributed by atoms with Gasteiger partial charge in [-0.1, -0.05) is 11.8 Å². The molecule has 5 nitrogen and oxygen atoms in total. The highest BCUT2D eigenvalue weighted by Gasteiger charge is 2.11. The van der Waals surface area contributed by atoms with Crippen LogP contribution >= 0.6 is 11.3 Å². The van der Waals surface area contributed by atoms with Crippen LogP contribution in [0.2, 0.25) is 0 Å². The lowest BCUT2D eigenvalue weighted by atomic mass is 10.2. The van der Waals surface area contributed by atoms with Gasteiger partial charge in [0.15, 0.2) is 0 Å². The number of pyridine rings is 1. The summed E-state index contributed by atoms with van der Waals surface area (Å²) in [7, 11) is 0. The maximum Gasteiger partial charge on any atom is 0.271 e. The molecule has 19 heavy (non-hydrogen) atoms. The van der Waals surface area contributed by atoms with Gasteiger partial charge in [-0.25, -0.2) is 4.98 Å². The van der Waals surface area contributed by atoms with Crippen LogP contribution in [0.3, 0.4) is 0 Å². The molecule has 2 heterocycles. The van der Waals surface area contributed by atoms with Crippen molar-refractivity contribution in [3.8, 4) is 11.8 Å². The Balaban J connectivity index is 2.10. The molecule has 6 heteroatoms. The van der Waals surface area contributed by atoms with Crippen LogP contribution in [0.5, 0.6) is 0 Å². The van der Waals surface area contributed by atoms with Crippen LogP contribution < -0.4 is 5.32 Å². The lowest BCUT2D eigenvalue weighted by Crippen LogP contribution is -2.24. The third kappa shape index (κ3) is 3.61. The van der Waals surface area contributed by atoms with Gasteiger partial charge in [-0.2, -0.15) is 0 Å². The number of amides is 1. The highest BCUT2D eigenvalue weighted by Crippen LogP contribution is 2.07. The van der Waals surface area contributed by atoms with E-state index in [2.05, 4.69) is 27.1 Å². The number of hydrogen-bond donors (Lipinski definition) is 2. The second kappa shape index (κ2) is 6.64. The molecule has 0 fully saturated rings. The van der Waals surface area contributed by atoms with E-state index in [-0.39, 0.29) is 18.2 Å². The zero-order chi connectivity index (χ0) is 13.5. The Labute approximate surface area is 114 Å². The van der Waals surface area contributed by atoms with Gasteiger partial charge in [0.2, 0.25) is 0 Å². The Morgan fingerprint density at radius 1 is 1.53 bits per heavy atom. The molecule has 0 radical (unpaired) electrons. The van der Waals surface area contributed by atoms with Gasteiger partial charge in [-0.15, -0.1) is 11.3 Å². The SMILES string of the molecule is O=C(NCc1cncs1)c1ncccc1C#CCO. The standard InChI is InChI=1S/C13H11N3O2S/c17-6-2-4-10-3-1-5-15-12(10)13(18)16-8-11-7-14-9-19-11/h1,3,5,7,9,17H,6,8H2,(H,16,18). The van der Waals surface area contributed by atoms with Crippen LogP contribution in [0, 0.1) is 11.8 Å². The number of carbonyl (C=O) groups is 1. The van der Waals surface area contributed by atoms with Gasteiger partial charge in [-0.3, -0.25) is 9.78 Å². The van der Waals surface area contributed by atoms with E-state index in [4.69, 9.17) is 5.11 Å². The maximum absolute atomic E-state index is 12.0. The molecule has 0 aromatic carbocycles. The van der Waals surface area contributed by atoms with Crippen LogP contribution in [0.25, 0.3) is 0 Å². The molecule has 2 N–H and O–H groups in total. The summed E-state index contributed by atoms with van der Waals surface area (Å²) < 4.78 is 0. The average molecular weight is 273 g/mol. The second-order valence-electron chi connectivity index (χ2n) is 3.51. The largest absolute Gasteiger partial charge is 0.384 e. The van der Waals surface area contributed by atoms with Crippen LogP contribution in [0.15, 0.2) is 30.0 Å². The van der Waals surface area contributed by atoms with E-state index in [1.165, 1.54) is 17.5 Å². The van der Waals surface area contributed by atoms with Crippen molar-refractivity contribution in [1.29, 1.82) is 0 Å². The van der Waals surface area contributed by atoms with Crippen molar-refractivity contribution in [1.82, 2.24) is 15.3 Å². The zero-order valence-electron chi connectivity index (χ0n) is 9.96. The normalized spacial score (nSPS) is 9.53. The summed E-state index contributed by atoms with van der Waals surface area (Å²) in [6.07, 6.45) is 3.24. The molecular weight excluding hydrogens is 262 g/mol. The molecule has 1 amide bonds. The van der Waals surface area contributed by atoms with Crippen molar-refractivity contribution in [3.63, 3.8) is 0 Å². The van der Waals surface area contributed by atoms with Gasteiger partial charge in [0.1, 0.15) is 12.3 Å². The summed E-state index contributed by atoms with van der Waals surface area (Å²) in [5.41, 5.74) is 2.46. The smallest absolute Gasteiger partial charge is 0.271 e. The summed E-state index contributed by atoms with van der Waals surface area (Å²) in [5, 5.41) is 11.4. The monoisotopic (exact) mass is 273 g/mol. The fraction of sp³-hybridized carbons (Fsp3) is 0.154. The topological polar surface area (TPSA) is 75.1 Å². The minimum atomic E-state index is -0.295. The highest BCUT2D eigenvalue weighted by atomic mass is 32.1. The molecule has 2 aromatic heterocycles. The predicted molar refractivity (Wildman–Crippen MR) is 71.5 cm³/mol. The lowest BCUT2D eigenvalue weighted by Gasteiger charge is -2.04. The Morgan fingerprint density at radius 3 is 3.16 bits per heavy atom. The first-order valence-electron chi connectivity index (χ1n) is 5.51. The average Bonchev–Trinajstić information content (AvgIpc) is 2.96. The molecule has 0 spiro atoms. The van der Waals surface area contributed by atoms with Crippen molar-refractivity contribution < 1.29 is 9.90 Å². The number of hydrogen-bond acceptors (Lipinski definition) is 5. The number of aromatic nitrogens is 2. The van der Waals surface area contributed by atoms with Crippen LogP contribution in [0.4, 0.5) is 0 Å². The first-order chi connectivity index (χ1) is 9.31. The molecule has 0 unspecified atom stereocenters. The number of thiazole rings is 1. The molecule has 0 saturated carbocycles. The number of nitrogens with one attached hydrogen (secondary N) is 1. The molecular formula is C13H11N3O2S. The molecule has 0 bridgehead atoms. The number of rotatable bonds is 3. The van der Waals surface area contributed by atoms with E-state index in [0.29, 0.717) is 12.1 Å². The van der Waals surface area contributed by atoms with Gasteiger partial charge in [0.25, 0.3) is 5.91 Å². The van der Waals surface area contributed by atoms with E-state index in [9.17, 15) is 4.79 Å². The van der Waals surface area contributed by atoms with Crippen molar-refractivity contribution in [3.05, 3.63) is 46.2 Å². The summed E-state index contributed by atoms with van der Waals surface area (Å²) in [6.45, 7) is 0.157. The van der Waals surface area contributed by atoms with Gasteiger partial charge in [-0.05, 0) is 12.1 Å². The van der Waals surface area contributed by atoms with Crippen molar-refractivity contribution in [2.45, 2.75) is 6.54 Å². The van der Waals surface area contributed by atoms with Gasteiger partial charge >= 0.3 is 0 Å². The van der Waals surface area contributed by atoms with Crippen LogP contribution in [-0.4, -0.2) is 27.6 Å². The second-order valence-corrected chi connectivity index (χ2v) is 4.48. The minimum Gasteiger partial charge on any atom is -0.384 e. The van der Waals surface area contributed by atoms with E-state index >= 15 is 0 Å². The Hall–Kier alpha value is -2.23. The van der Waals surface area contributed by atoms with E-state index in [1.807, 2.05) is 0 Å². The number of nitrogens with zero attached hydrogens (tertiary/aromatic N) is 2. The van der Waals surface area contributed by atoms with E-state index < -0.39 is 0 Å². The fourth-order valence-electron chi connectivity index (χ4n) is 1.40. The zero-order valence-corrected chi connectivity index (χ0v) is 10.8. The van der Waals surface area contributed by atoms with Crippen molar-refractivity contribution in [2.75, 3.05) is 6.61 Å². The van der Waals surface area contributed by atoms with Crippen LogP contribution in [0.1, 0.15) is 20.9 Å². The number of carbonyl (C=O) groups excluding carboxylic acids is 1. The Kier molecular flexibility index (Phi) is 4.61. The fourth-order valence-corrected chi connectivity index (χ4v) is 1.94. The molecule has 2 rings (SSSR count). The molecule has 0 aliphatic carbocycles. The van der Waals surface area contributed by atoms with E-state index in [0.717, 1.165) is 4.88 Å². The molecule has 2 aromatic rings. The van der Waals surface area contributed by atoms with Gasteiger partial charge in [0, 0.05) is 17.3 Å². The third-order valence-electron chi connectivity index (χ3n) is 2.23. The van der Waals surface area contributed by atoms with Crippen molar-refractivity contribution >= 4 is 17.2 Å². The molecule has 0 atom stereocenters. The number of aliphatic hydroxyl groups is 1. The van der Waals surface area contributed by atoms with Gasteiger partial charge in [0.05, 0.1) is 17.6 Å². The molecule has 0 aliphatic rings. The minimum absolute atomic E-state index is 0.253. The number of aliphatic hydroxyl groups excluding tert-OH is 1. The molecule has 0 aliphatic heterocycles. The highest BCUT2D eigenvalue weighted by molar-refractivity contribution is 7.09. The summed E-state index contributed by atoms with van der Waals surface area (Å²) in [4.78, 5) is 20.9. The third-order valence-corrected chi connectivity index (χ3v) is 3.01. The quantitative estimate of drug-likeness (QED) is 0.812. The first kappa shape index (κ1) is 13.2. The Bertz CT molecular complexity index is 614. The Morgan fingerprint density at radius 2 is 2.42 bits per heavy atom. The maximum atomic E-state index is 12.0. The molecule has 0 saturated heterocycles.